The van der Waals surface area contributed by atoms with Gasteiger partial charge in [-0.25, -0.2) is 0 Å². The van der Waals surface area contributed by atoms with Crippen LogP contribution in [0.5, 0.6) is 0 Å². The van der Waals surface area contributed by atoms with Crippen LogP contribution in [-0.4, -0.2) is 18.8 Å². The summed E-state index contributed by atoms with van der Waals surface area (Å²) < 4.78 is 5.88. The third kappa shape index (κ3) is 4.97. The predicted molar refractivity (Wildman–Crippen MR) is 62.3 cm³/mol. The zero-order valence-corrected chi connectivity index (χ0v) is 10.5. The average molecular weight is 201 g/mol. The first kappa shape index (κ1) is 13.9. The SMILES string of the molecule is CCOC(CN)(CC(C)C)CC(C)C. The van der Waals surface area contributed by atoms with E-state index in [1.165, 1.54) is 0 Å². The van der Waals surface area contributed by atoms with E-state index >= 15 is 0 Å². The normalized spacial score (nSPS) is 12.9. The predicted octanol–water partition coefficient (Wildman–Crippen LogP) is 2.81. The van der Waals surface area contributed by atoms with Crippen molar-refractivity contribution in [3.8, 4) is 0 Å². The van der Waals surface area contributed by atoms with E-state index < -0.39 is 0 Å². The summed E-state index contributed by atoms with van der Waals surface area (Å²) in [5.41, 5.74) is 5.78. The molecule has 0 spiro atoms. The molecular weight excluding hydrogens is 174 g/mol. The summed E-state index contributed by atoms with van der Waals surface area (Å²) in [4.78, 5) is 0. The van der Waals surface area contributed by atoms with Crippen molar-refractivity contribution in [2.45, 2.75) is 53.1 Å². The summed E-state index contributed by atoms with van der Waals surface area (Å²) in [5.74, 6) is 1.28. The van der Waals surface area contributed by atoms with E-state index in [1.54, 1.807) is 0 Å². The monoisotopic (exact) mass is 201 g/mol. The van der Waals surface area contributed by atoms with Gasteiger partial charge in [0.25, 0.3) is 0 Å². The lowest BCUT2D eigenvalue weighted by Gasteiger charge is -2.35. The van der Waals surface area contributed by atoms with Crippen LogP contribution in [0.25, 0.3) is 0 Å². The van der Waals surface area contributed by atoms with Gasteiger partial charge in [0.1, 0.15) is 0 Å². The van der Waals surface area contributed by atoms with Crippen molar-refractivity contribution in [1.82, 2.24) is 0 Å². The Labute approximate surface area is 89.2 Å². The molecular formula is C12H27NO. The molecule has 2 N–H and O–H groups in total. The molecule has 0 aliphatic heterocycles. The van der Waals surface area contributed by atoms with E-state index in [-0.39, 0.29) is 5.60 Å². The van der Waals surface area contributed by atoms with Crippen LogP contribution in [0.1, 0.15) is 47.5 Å². The van der Waals surface area contributed by atoms with Crippen molar-refractivity contribution < 1.29 is 4.74 Å². The molecule has 2 heteroatoms. The molecule has 0 amide bonds. The molecule has 0 fully saturated rings. The minimum absolute atomic E-state index is 0.0862. The summed E-state index contributed by atoms with van der Waals surface area (Å²) in [5, 5.41) is 0. The fourth-order valence-electron chi connectivity index (χ4n) is 2.22. The number of rotatable bonds is 7. The topological polar surface area (TPSA) is 35.2 Å². The molecule has 0 unspecified atom stereocenters. The highest BCUT2D eigenvalue weighted by Crippen LogP contribution is 2.27. The zero-order valence-electron chi connectivity index (χ0n) is 10.5. The largest absolute Gasteiger partial charge is 0.374 e. The molecule has 0 radical (unpaired) electrons. The average Bonchev–Trinajstić information content (AvgIpc) is 2.02. The number of ether oxygens (including phenoxy) is 1. The van der Waals surface area contributed by atoms with E-state index in [1.807, 2.05) is 6.92 Å². The minimum Gasteiger partial charge on any atom is -0.374 e. The molecule has 14 heavy (non-hydrogen) atoms. The summed E-state index contributed by atoms with van der Waals surface area (Å²) in [6, 6.07) is 0. The Morgan fingerprint density at radius 3 is 1.71 bits per heavy atom. The van der Waals surface area contributed by atoms with Gasteiger partial charge in [0, 0.05) is 13.2 Å². The first-order valence-electron chi connectivity index (χ1n) is 5.79. The fraction of sp³-hybridized carbons (Fsp3) is 1.00. The highest BCUT2D eigenvalue weighted by atomic mass is 16.5. The van der Waals surface area contributed by atoms with E-state index in [4.69, 9.17) is 10.5 Å². The van der Waals surface area contributed by atoms with Crippen LogP contribution in [0.15, 0.2) is 0 Å². The third-order valence-electron chi connectivity index (χ3n) is 2.38. The van der Waals surface area contributed by atoms with Crippen LogP contribution >= 0.6 is 0 Å². The fourth-order valence-corrected chi connectivity index (χ4v) is 2.22. The molecule has 86 valence electrons. The summed E-state index contributed by atoms with van der Waals surface area (Å²) in [6.45, 7) is 12.3. The molecule has 0 saturated carbocycles. The van der Waals surface area contributed by atoms with Crippen LogP contribution in [-0.2, 0) is 4.74 Å². The quantitative estimate of drug-likeness (QED) is 0.687. The third-order valence-corrected chi connectivity index (χ3v) is 2.38. The summed E-state index contributed by atoms with van der Waals surface area (Å²) >= 11 is 0. The van der Waals surface area contributed by atoms with Crippen molar-refractivity contribution in [3.63, 3.8) is 0 Å². The standard InChI is InChI=1S/C12H27NO/c1-6-14-12(9-13,7-10(2)3)8-11(4)5/h10-11H,6-9,13H2,1-5H3. The molecule has 0 aromatic heterocycles. The molecule has 0 aliphatic rings. The Hall–Kier alpha value is -0.0800. The summed E-state index contributed by atoms with van der Waals surface area (Å²) in [7, 11) is 0. The second-order valence-corrected chi connectivity index (χ2v) is 5.02. The van der Waals surface area contributed by atoms with Gasteiger partial charge in [-0.2, -0.15) is 0 Å². The van der Waals surface area contributed by atoms with Crippen LogP contribution in [0.2, 0.25) is 0 Å². The molecule has 0 aromatic carbocycles. The minimum atomic E-state index is -0.0862. The molecule has 0 atom stereocenters. The van der Waals surface area contributed by atoms with Gasteiger partial charge in [0.05, 0.1) is 5.60 Å². The maximum atomic E-state index is 5.88. The Morgan fingerprint density at radius 2 is 1.50 bits per heavy atom. The van der Waals surface area contributed by atoms with Gasteiger partial charge in [-0.15, -0.1) is 0 Å². The van der Waals surface area contributed by atoms with Crippen molar-refractivity contribution in [1.29, 1.82) is 0 Å². The van der Waals surface area contributed by atoms with Gasteiger partial charge in [0.2, 0.25) is 0 Å². The number of hydrogen-bond acceptors (Lipinski definition) is 2. The van der Waals surface area contributed by atoms with Gasteiger partial charge < -0.3 is 10.5 Å². The Morgan fingerprint density at radius 1 is 1.07 bits per heavy atom. The van der Waals surface area contributed by atoms with Crippen molar-refractivity contribution in [3.05, 3.63) is 0 Å². The number of nitrogens with two attached hydrogens (primary N) is 1. The lowest BCUT2D eigenvalue weighted by Crippen LogP contribution is -2.43. The van der Waals surface area contributed by atoms with Crippen molar-refractivity contribution >= 4 is 0 Å². The second kappa shape index (κ2) is 6.41. The first-order valence-corrected chi connectivity index (χ1v) is 5.79. The van der Waals surface area contributed by atoms with Gasteiger partial charge >= 0.3 is 0 Å². The smallest absolute Gasteiger partial charge is 0.0808 e. The van der Waals surface area contributed by atoms with E-state index in [0.717, 1.165) is 19.4 Å². The number of hydrogen-bond donors (Lipinski definition) is 1. The molecule has 0 rings (SSSR count). The maximum absolute atomic E-state index is 5.88. The zero-order chi connectivity index (χ0) is 11.2. The second-order valence-electron chi connectivity index (χ2n) is 5.02. The Kier molecular flexibility index (Phi) is 6.38. The van der Waals surface area contributed by atoms with Crippen molar-refractivity contribution in [2.24, 2.45) is 17.6 Å². The van der Waals surface area contributed by atoms with Crippen LogP contribution in [0.4, 0.5) is 0 Å². The highest BCUT2D eigenvalue weighted by Gasteiger charge is 2.30. The lowest BCUT2D eigenvalue weighted by molar-refractivity contribution is -0.0599. The molecule has 0 heterocycles. The van der Waals surface area contributed by atoms with Crippen LogP contribution in [0.3, 0.4) is 0 Å². The van der Waals surface area contributed by atoms with Gasteiger partial charge in [-0.3, -0.25) is 0 Å². The maximum Gasteiger partial charge on any atom is 0.0808 e. The van der Waals surface area contributed by atoms with Crippen molar-refractivity contribution in [2.75, 3.05) is 13.2 Å². The van der Waals surface area contributed by atoms with E-state index in [9.17, 15) is 0 Å². The lowest BCUT2D eigenvalue weighted by atomic mass is 9.85. The van der Waals surface area contributed by atoms with Gasteiger partial charge in [-0.1, -0.05) is 27.7 Å². The molecule has 0 saturated heterocycles. The van der Waals surface area contributed by atoms with Crippen LogP contribution < -0.4 is 5.73 Å². The van der Waals surface area contributed by atoms with E-state index in [0.29, 0.717) is 18.4 Å². The Balaban J connectivity index is 4.42. The summed E-state index contributed by atoms with van der Waals surface area (Å²) in [6.07, 6.45) is 2.13. The molecule has 2 nitrogen and oxygen atoms in total. The molecule has 0 bridgehead atoms. The van der Waals surface area contributed by atoms with Crippen LogP contribution in [0, 0.1) is 11.8 Å². The first-order chi connectivity index (χ1) is 6.45. The molecule has 0 aliphatic carbocycles. The molecule has 0 aromatic rings. The Bertz CT molecular complexity index is 133. The van der Waals surface area contributed by atoms with Gasteiger partial charge in [-0.05, 0) is 31.6 Å². The van der Waals surface area contributed by atoms with E-state index in [2.05, 4.69) is 27.7 Å². The highest BCUT2D eigenvalue weighted by molar-refractivity contribution is 4.84. The van der Waals surface area contributed by atoms with Gasteiger partial charge in [0.15, 0.2) is 0 Å².